The van der Waals surface area contributed by atoms with Crippen molar-refractivity contribution in [2.24, 2.45) is 0 Å². The van der Waals surface area contributed by atoms with Gasteiger partial charge in [0.05, 0.1) is 0 Å². The number of fused-ring (bicyclic) bond motifs is 13. The summed E-state index contributed by atoms with van der Waals surface area (Å²) in [5, 5.41) is 7.73. The number of allylic oxidation sites excluding steroid dienone is 2. The van der Waals surface area contributed by atoms with E-state index in [9.17, 15) is 0 Å². The number of hydrogen-bond donors (Lipinski definition) is 0. The SMILES string of the molecule is CC1(C)c2ccccc2-c2ccc(C3=C4C(=C(c5cccc6ccccc56)c5ccc6ccccc6c54)c4c3ccc3ccccc43)cc21. The molecule has 0 saturated carbocycles. The predicted octanol–water partition coefficient (Wildman–Crippen LogP) is 12.7. The van der Waals surface area contributed by atoms with E-state index in [-0.39, 0.29) is 5.41 Å². The van der Waals surface area contributed by atoms with E-state index in [1.54, 1.807) is 0 Å². The lowest BCUT2D eigenvalue weighted by Crippen LogP contribution is -2.15. The molecular formula is C49H32. The molecule has 0 heteroatoms. The van der Waals surface area contributed by atoms with Gasteiger partial charge in [-0.15, -0.1) is 0 Å². The van der Waals surface area contributed by atoms with Crippen molar-refractivity contribution in [1.29, 1.82) is 0 Å². The summed E-state index contributed by atoms with van der Waals surface area (Å²) >= 11 is 0. The highest BCUT2D eigenvalue weighted by atomic mass is 14.4. The second-order valence-corrected chi connectivity index (χ2v) is 14.4. The van der Waals surface area contributed by atoms with E-state index in [0.717, 1.165) is 0 Å². The average molecular weight is 621 g/mol. The summed E-state index contributed by atoms with van der Waals surface area (Å²) < 4.78 is 0. The molecule has 0 saturated heterocycles. The van der Waals surface area contributed by atoms with Crippen molar-refractivity contribution in [3.8, 4) is 11.1 Å². The van der Waals surface area contributed by atoms with E-state index in [1.165, 1.54) is 110 Å². The molecule has 0 aliphatic heterocycles. The van der Waals surface area contributed by atoms with Crippen LogP contribution in [0.3, 0.4) is 0 Å². The van der Waals surface area contributed by atoms with Crippen molar-refractivity contribution >= 4 is 54.6 Å². The Kier molecular flexibility index (Phi) is 5.27. The van der Waals surface area contributed by atoms with Crippen LogP contribution in [0.5, 0.6) is 0 Å². The molecule has 0 spiro atoms. The second kappa shape index (κ2) is 9.56. The molecule has 0 radical (unpaired) electrons. The molecule has 0 heterocycles. The van der Waals surface area contributed by atoms with Gasteiger partial charge >= 0.3 is 0 Å². The number of hydrogen-bond acceptors (Lipinski definition) is 0. The maximum atomic E-state index is 2.51. The summed E-state index contributed by atoms with van der Waals surface area (Å²) in [5.41, 5.74) is 18.8. The predicted molar refractivity (Wildman–Crippen MR) is 208 cm³/mol. The standard InChI is InChI=1S/C49H32/c1-49(2)41-21-10-9-19-36(41)37-25-24-32(28-42(37)49)43-39-26-22-30-13-4-7-17-34(30)44(39)48-46(38-20-11-15-29-12-3-6-16-33(29)38)40-27-23-31-14-5-8-18-35(31)45(40)47(43)48/h3-28H,1-2H3. The minimum absolute atomic E-state index is 0.0783. The molecule has 0 aromatic heterocycles. The first kappa shape index (κ1) is 27.0. The Balaban J connectivity index is 1.32. The Labute approximate surface area is 286 Å². The van der Waals surface area contributed by atoms with Gasteiger partial charge in [-0.2, -0.15) is 0 Å². The molecule has 0 amide bonds. The third kappa shape index (κ3) is 3.48. The molecule has 0 nitrogen and oxygen atoms in total. The highest BCUT2D eigenvalue weighted by Crippen LogP contribution is 2.62. The molecule has 0 atom stereocenters. The van der Waals surface area contributed by atoms with Crippen LogP contribution in [0.4, 0.5) is 0 Å². The van der Waals surface area contributed by atoms with E-state index >= 15 is 0 Å². The monoisotopic (exact) mass is 620 g/mol. The molecule has 3 aliphatic carbocycles. The maximum absolute atomic E-state index is 2.51. The second-order valence-electron chi connectivity index (χ2n) is 14.4. The molecule has 0 bridgehead atoms. The zero-order valence-corrected chi connectivity index (χ0v) is 27.5. The Morgan fingerprint density at radius 3 is 1.53 bits per heavy atom. The smallest absolute Gasteiger partial charge is 0.0159 e. The summed E-state index contributed by atoms with van der Waals surface area (Å²) in [6, 6.07) is 59.2. The Morgan fingerprint density at radius 2 is 0.816 bits per heavy atom. The highest BCUT2D eigenvalue weighted by molar-refractivity contribution is 6.40. The van der Waals surface area contributed by atoms with Crippen molar-refractivity contribution in [3.63, 3.8) is 0 Å². The van der Waals surface area contributed by atoms with E-state index in [2.05, 4.69) is 172 Å². The normalized spacial score (nSPS) is 15.1. The largest absolute Gasteiger partial charge is 0.0619 e. The van der Waals surface area contributed by atoms with Crippen LogP contribution in [0.2, 0.25) is 0 Å². The fourth-order valence-electron chi connectivity index (χ4n) is 9.40. The summed E-state index contributed by atoms with van der Waals surface area (Å²) in [4.78, 5) is 0. The van der Waals surface area contributed by atoms with E-state index in [0.29, 0.717) is 0 Å². The molecule has 3 aliphatic rings. The van der Waals surface area contributed by atoms with Crippen molar-refractivity contribution in [2.45, 2.75) is 19.3 Å². The molecule has 8 aromatic carbocycles. The van der Waals surface area contributed by atoms with Crippen molar-refractivity contribution in [2.75, 3.05) is 0 Å². The van der Waals surface area contributed by atoms with Gasteiger partial charge in [-0.05, 0) is 116 Å². The molecule has 49 heavy (non-hydrogen) atoms. The fourth-order valence-corrected chi connectivity index (χ4v) is 9.40. The lowest BCUT2D eigenvalue weighted by molar-refractivity contribution is 0.660. The summed E-state index contributed by atoms with van der Waals surface area (Å²) in [5.74, 6) is 0. The Morgan fingerprint density at radius 1 is 0.327 bits per heavy atom. The van der Waals surface area contributed by atoms with Crippen LogP contribution in [0.25, 0.3) is 65.7 Å². The number of rotatable bonds is 2. The first-order chi connectivity index (χ1) is 24.1. The van der Waals surface area contributed by atoms with Crippen molar-refractivity contribution in [1.82, 2.24) is 0 Å². The zero-order chi connectivity index (χ0) is 32.4. The van der Waals surface area contributed by atoms with E-state index < -0.39 is 0 Å². The first-order valence-corrected chi connectivity index (χ1v) is 17.4. The highest BCUT2D eigenvalue weighted by Gasteiger charge is 2.41. The summed E-state index contributed by atoms with van der Waals surface area (Å²) in [6.07, 6.45) is 0. The van der Waals surface area contributed by atoms with Gasteiger partial charge in [0, 0.05) is 5.41 Å². The average Bonchev–Trinajstić information content (AvgIpc) is 3.74. The van der Waals surface area contributed by atoms with Gasteiger partial charge in [0.1, 0.15) is 0 Å². The van der Waals surface area contributed by atoms with E-state index in [1.807, 2.05) is 0 Å². The van der Waals surface area contributed by atoms with Crippen LogP contribution in [0.15, 0.2) is 158 Å². The van der Waals surface area contributed by atoms with Gasteiger partial charge in [-0.25, -0.2) is 0 Å². The van der Waals surface area contributed by atoms with Gasteiger partial charge < -0.3 is 0 Å². The van der Waals surface area contributed by atoms with Crippen LogP contribution in [0, 0.1) is 0 Å². The Hall–Kier alpha value is -5.98. The topological polar surface area (TPSA) is 0 Å². The van der Waals surface area contributed by atoms with Gasteiger partial charge in [-0.3, -0.25) is 0 Å². The fraction of sp³-hybridized carbons (Fsp3) is 0.0612. The number of benzene rings is 8. The quantitative estimate of drug-likeness (QED) is 0.180. The molecule has 228 valence electrons. The lowest BCUT2D eigenvalue weighted by Gasteiger charge is -2.22. The molecule has 0 N–H and O–H groups in total. The van der Waals surface area contributed by atoms with Crippen LogP contribution >= 0.6 is 0 Å². The zero-order valence-electron chi connectivity index (χ0n) is 27.5. The van der Waals surface area contributed by atoms with E-state index in [4.69, 9.17) is 0 Å². The lowest BCUT2D eigenvalue weighted by atomic mass is 9.81. The third-order valence-corrected chi connectivity index (χ3v) is 11.6. The van der Waals surface area contributed by atoms with Gasteiger partial charge in [0.15, 0.2) is 0 Å². The Bertz CT molecular complexity index is 2830. The van der Waals surface area contributed by atoms with Crippen LogP contribution in [-0.4, -0.2) is 0 Å². The minimum Gasteiger partial charge on any atom is -0.0619 e. The van der Waals surface area contributed by atoms with Crippen LogP contribution < -0.4 is 0 Å². The maximum Gasteiger partial charge on any atom is 0.0159 e. The van der Waals surface area contributed by atoms with Crippen LogP contribution in [-0.2, 0) is 5.41 Å². The van der Waals surface area contributed by atoms with Crippen molar-refractivity contribution in [3.05, 3.63) is 202 Å². The first-order valence-electron chi connectivity index (χ1n) is 17.4. The van der Waals surface area contributed by atoms with Gasteiger partial charge in [0.2, 0.25) is 0 Å². The summed E-state index contributed by atoms with van der Waals surface area (Å²) in [7, 11) is 0. The van der Waals surface area contributed by atoms with Gasteiger partial charge in [-0.1, -0.05) is 166 Å². The molecule has 0 unspecified atom stereocenters. The third-order valence-electron chi connectivity index (χ3n) is 11.6. The van der Waals surface area contributed by atoms with Gasteiger partial charge in [0.25, 0.3) is 0 Å². The molecule has 11 rings (SSSR count). The molecule has 0 fully saturated rings. The van der Waals surface area contributed by atoms with Crippen LogP contribution in [0.1, 0.15) is 58.4 Å². The molecule has 8 aromatic rings. The molecular weight excluding hydrogens is 589 g/mol. The minimum atomic E-state index is -0.0783. The summed E-state index contributed by atoms with van der Waals surface area (Å²) in [6.45, 7) is 4.77. The van der Waals surface area contributed by atoms with Crippen molar-refractivity contribution < 1.29 is 0 Å².